The van der Waals surface area contributed by atoms with Crippen molar-refractivity contribution in [1.82, 2.24) is 14.9 Å². The van der Waals surface area contributed by atoms with Gasteiger partial charge in [0.05, 0.1) is 5.56 Å². The summed E-state index contributed by atoms with van der Waals surface area (Å²) in [5, 5.41) is 2.99. The Bertz CT molecular complexity index is 1110. The first-order valence-corrected chi connectivity index (χ1v) is 13.1. The number of hydrogen-bond donors (Lipinski definition) is 1. The van der Waals surface area contributed by atoms with Crippen LogP contribution in [0.2, 0.25) is 0 Å². The predicted octanol–water partition coefficient (Wildman–Crippen LogP) is 6.19. The number of ether oxygens (including phenoxy) is 1. The largest absolute Gasteiger partial charge is 0.464 e. The average Bonchev–Trinajstić information content (AvgIpc) is 3.13. The van der Waals surface area contributed by atoms with Gasteiger partial charge in [-0.3, -0.25) is 9.59 Å². The number of aromatic nitrogens is 2. The maximum Gasteiger partial charge on any atom is 0.433 e. The molecule has 0 spiro atoms. The SMILES string of the molecule is Cc1c(C(=O)NC2CC(OC=O)C2)cc(-c2cc(C(C)(C)C)nc(C(F)(F)F)c2)n1CC1CCCCC1. The molecular weight excluding hydrogens is 483 g/mol. The summed E-state index contributed by atoms with van der Waals surface area (Å²) in [7, 11) is 0. The fourth-order valence-electron chi connectivity index (χ4n) is 5.32. The van der Waals surface area contributed by atoms with Gasteiger partial charge in [0, 0.05) is 53.5 Å². The fourth-order valence-corrected chi connectivity index (χ4v) is 5.32. The van der Waals surface area contributed by atoms with E-state index in [9.17, 15) is 22.8 Å². The lowest BCUT2D eigenvalue weighted by Gasteiger charge is -2.34. The van der Waals surface area contributed by atoms with Crippen LogP contribution in [0.3, 0.4) is 0 Å². The van der Waals surface area contributed by atoms with E-state index in [0.29, 0.717) is 54.3 Å². The van der Waals surface area contributed by atoms with E-state index >= 15 is 0 Å². The van der Waals surface area contributed by atoms with Gasteiger partial charge in [0.2, 0.25) is 0 Å². The summed E-state index contributed by atoms with van der Waals surface area (Å²) in [5.41, 5.74) is 1.03. The van der Waals surface area contributed by atoms with Crippen molar-refractivity contribution >= 4 is 12.4 Å². The molecule has 4 rings (SSSR count). The van der Waals surface area contributed by atoms with Crippen LogP contribution in [0.4, 0.5) is 13.2 Å². The topological polar surface area (TPSA) is 73.2 Å². The number of carbonyl (C=O) groups excluding carboxylic acids is 2. The summed E-state index contributed by atoms with van der Waals surface area (Å²) in [6.07, 6.45) is 1.93. The Balaban J connectivity index is 1.74. The molecule has 2 saturated carbocycles. The lowest BCUT2D eigenvalue weighted by atomic mass is 9.89. The first kappa shape index (κ1) is 27.2. The average molecular weight is 520 g/mol. The van der Waals surface area contributed by atoms with E-state index in [1.165, 1.54) is 6.42 Å². The zero-order valence-electron chi connectivity index (χ0n) is 22.0. The molecule has 0 atom stereocenters. The van der Waals surface area contributed by atoms with Crippen LogP contribution in [-0.2, 0) is 27.7 Å². The van der Waals surface area contributed by atoms with E-state index in [0.717, 1.165) is 37.4 Å². The Kier molecular flexibility index (Phi) is 7.72. The van der Waals surface area contributed by atoms with Crippen molar-refractivity contribution in [3.8, 4) is 11.3 Å². The first-order valence-electron chi connectivity index (χ1n) is 13.1. The smallest absolute Gasteiger partial charge is 0.433 e. The number of amides is 1. The quantitative estimate of drug-likeness (QED) is 0.443. The van der Waals surface area contributed by atoms with Crippen LogP contribution < -0.4 is 5.32 Å². The first-order chi connectivity index (χ1) is 17.4. The molecule has 6 nitrogen and oxygen atoms in total. The van der Waals surface area contributed by atoms with Gasteiger partial charge in [-0.05, 0) is 43.9 Å². The minimum atomic E-state index is -4.59. The molecule has 0 radical (unpaired) electrons. The van der Waals surface area contributed by atoms with E-state index in [-0.39, 0.29) is 18.1 Å². The maximum atomic E-state index is 13.8. The summed E-state index contributed by atoms with van der Waals surface area (Å²) >= 11 is 0. The molecule has 2 fully saturated rings. The Labute approximate surface area is 216 Å². The van der Waals surface area contributed by atoms with Crippen molar-refractivity contribution in [1.29, 1.82) is 0 Å². The molecule has 2 aromatic heterocycles. The molecule has 202 valence electrons. The molecule has 0 bridgehead atoms. The van der Waals surface area contributed by atoms with Crippen LogP contribution in [0.1, 0.15) is 93.2 Å². The third-order valence-corrected chi connectivity index (χ3v) is 7.63. The Morgan fingerprint density at radius 2 is 1.76 bits per heavy atom. The molecule has 9 heteroatoms. The molecule has 1 N–H and O–H groups in total. The monoisotopic (exact) mass is 519 g/mol. The predicted molar refractivity (Wildman–Crippen MR) is 134 cm³/mol. The van der Waals surface area contributed by atoms with Gasteiger partial charge in [-0.1, -0.05) is 40.0 Å². The van der Waals surface area contributed by atoms with Crippen molar-refractivity contribution in [2.24, 2.45) is 5.92 Å². The van der Waals surface area contributed by atoms with Gasteiger partial charge >= 0.3 is 6.18 Å². The van der Waals surface area contributed by atoms with Crippen LogP contribution in [0.15, 0.2) is 18.2 Å². The fraction of sp³-hybridized carbons (Fsp3) is 0.607. The number of carbonyl (C=O) groups is 2. The molecule has 2 heterocycles. The van der Waals surface area contributed by atoms with Crippen LogP contribution in [-0.4, -0.2) is 34.1 Å². The van der Waals surface area contributed by atoms with Crippen LogP contribution in [0.5, 0.6) is 0 Å². The van der Waals surface area contributed by atoms with Gasteiger partial charge in [-0.15, -0.1) is 0 Å². The summed E-state index contributed by atoms with van der Waals surface area (Å²) in [5.74, 6) is 0.144. The molecule has 1 amide bonds. The number of rotatable bonds is 7. The van der Waals surface area contributed by atoms with E-state index in [1.54, 1.807) is 12.1 Å². The maximum absolute atomic E-state index is 13.8. The van der Waals surface area contributed by atoms with Crippen molar-refractivity contribution < 1.29 is 27.5 Å². The van der Waals surface area contributed by atoms with Gasteiger partial charge in [-0.2, -0.15) is 13.2 Å². The Morgan fingerprint density at radius 1 is 1.11 bits per heavy atom. The minimum absolute atomic E-state index is 0.104. The van der Waals surface area contributed by atoms with E-state index in [2.05, 4.69) is 10.3 Å². The van der Waals surface area contributed by atoms with Gasteiger partial charge in [0.25, 0.3) is 12.4 Å². The molecule has 2 aliphatic carbocycles. The standard InChI is InChI=1S/C28H36F3N3O3/c1-17-22(26(36)32-20-12-21(13-20)37-16-35)14-23(34(17)15-18-8-6-5-7-9-18)19-10-24(27(2,3)4)33-25(11-19)28(29,30)31/h10-11,14,16,18,20-21H,5-9,12-13,15H2,1-4H3,(H,32,36). The molecule has 0 unspecified atom stereocenters. The minimum Gasteiger partial charge on any atom is -0.464 e. The molecule has 0 saturated heterocycles. The third-order valence-electron chi connectivity index (χ3n) is 7.63. The second-order valence-corrected chi connectivity index (χ2v) is 11.5. The normalized spacial score (nSPS) is 20.8. The zero-order valence-corrected chi connectivity index (χ0v) is 22.0. The highest BCUT2D eigenvalue weighted by Crippen LogP contribution is 2.37. The van der Waals surface area contributed by atoms with Gasteiger partial charge < -0.3 is 14.6 Å². The number of hydrogen-bond acceptors (Lipinski definition) is 4. The summed E-state index contributed by atoms with van der Waals surface area (Å²) in [6, 6.07) is 4.42. The highest BCUT2D eigenvalue weighted by Gasteiger charge is 2.36. The van der Waals surface area contributed by atoms with Crippen LogP contribution >= 0.6 is 0 Å². The second kappa shape index (κ2) is 10.5. The van der Waals surface area contributed by atoms with Crippen molar-refractivity contribution in [2.45, 2.75) is 103 Å². The number of nitrogens with zero attached hydrogens (tertiary/aromatic N) is 2. The lowest BCUT2D eigenvalue weighted by Crippen LogP contribution is -2.47. The van der Waals surface area contributed by atoms with Gasteiger partial charge in [0.15, 0.2) is 0 Å². The third kappa shape index (κ3) is 6.18. The number of nitrogens with one attached hydrogen (secondary N) is 1. The van der Waals surface area contributed by atoms with Crippen molar-refractivity contribution in [3.63, 3.8) is 0 Å². The molecule has 0 aromatic carbocycles. The summed E-state index contributed by atoms with van der Waals surface area (Å²) in [6.45, 7) is 8.44. The van der Waals surface area contributed by atoms with Gasteiger partial charge in [-0.25, -0.2) is 4.98 Å². The van der Waals surface area contributed by atoms with Crippen molar-refractivity contribution in [2.75, 3.05) is 0 Å². The molecule has 37 heavy (non-hydrogen) atoms. The number of halogens is 3. The molecular formula is C28H36F3N3O3. The highest BCUT2D eigenvalue weighted by atomic mass is 19.4. The summed E-state index contributed by atoms with van der Waals surface area (Å²) < 4.78 is 48.5. The van der Waals surface area contributed by atoms with Crippen LogP contribution in [0, 0.1) is 12.8 Å². The summed E-state index contributed by atoms with van der Waals surface area (Å²) in [4.78, 5) is 27.7. The Morgan fingerprint density at radius 3 is 2.35 bits per heavy atom. The molecule has 2 aliphatic rings. The van der Waals surface area contributed by atoms with Crippen LogP contribution in [0.25, 0.3) is 11.3 Å². The highest BCUT2D eigenvalue weighted by molar-refractivity contribution is 5.97. The van der Waals surface area contributed by atoms with E-state index in [4.69, 9.17) is 4.74 Å². The number of pyridine rings is 1. The van der Waals surface area contributed by atoms with Crippen molar-refractivity contribution in [3.05, 3.63) is 40.8 Å². The molecule has 0 aliphatic heterocycles. The van der Waals surface area contributed by atoms with E-state index < -0.39 is 17.3 Å². The molecule has 2 aromatic rings. The van der Waals surface area contributed by atoms with Gasteiger partial charge in [0.1, 0.15) is 11.8 Å². The number of alkyl halides is 3. The lowest BCUT2D eigenvalue weighted by molar-refractivity contribution is -0.141. The van der Waals surface area contributed by atoms with E-state index in [1.807, 2.05) is 32.3 Å². The second-order valence-electron chi connectivity index (χ2n) is 11.5. The Hall–Kier alpha value is -2.84. The zero-order chi connectivity index (χ0) is 27.0.